The van der Waals surface area contributed by atoms with Crippen LogP contribution >= 0.6 is 12.4 Å². The van der Waals surface area contributed by atoms with Crippen LogP contribution in [0, 0.1) is 0 Å². The molecule has 1 unspecified atom stereocenters. The van der Waals surface area contributed by atoms with Gasteiger partial charge in [0.1, 0.15) is 6.54 Å². The summed E-state index contributed by atoms with van der Waals surface area (Å²) < 4.78 is 1.25. The number of anilines is 2. The standard InChI is InChI=1S/C19H23N5O2.ClH/c1-14-10-15-4-2-3-5-17(15)24(14)19(26)13-23-18(25)11-16(12-21-23)22-8-6-20-7-9-22;/h2-5,11-12,14,20H,6-10,13H2,1H3;1H. The van der Waals surface area contributed by atoms with Gasteiger partial charge in [-0.3, -0.25) is 9.59 Å². The van der Waals surface area contributed by atoms with E-state index in [0.717, 1.165) is 44.0 Å². The van der Waals surface area contributed by atoms with Crippen LogP contribution in [0.25, 0.3) is 0 Å². The number of carbonyl (C=O) groups excluding carboxylic acids is 1. The number of halogens is 1. The van der Waals surface area contributed by atoms with Crippen LogP contribution in [-0.4, -0.2) is 47.9 Å². The molecule has 2 aliphatic heterocycles. The molecule has 2 aromatic rings. The molecule has 0 radical (unpaired) electrons. The number of benzene rings is 1. The molecule has 1 amide bonds. The Morgan fingerprint density at radius 2 is 2.00 bits per heavy atom. The van der Waals surface area contributed by atoms with E-state index < -0.39 is 0 Å². The largest absolute Gasteiger partial charge is 0.368 e. The Labute approximate surface area is 164 Å². The lowest BCUT2D eigenvalue weighted by molar-refractivity contribution is -0.119. The minimum absolute atomic E-state index is 0. The van der Waals surface area contributed by atoms with Gasteiger partial charge in [-0.15, -0.1) is 12.4 Å². The summed E-state index contributed by atoms with van der Waals surface area (Å²) in [4.78, 5) is 29.2. The van der Waals surface area contributed by atoms with Crippen LogP contribution in [0.4, 0.5) is 11.4 Å². The smallest absolute Gasteiger partial charge is 0.269 e. The molecule has 1 atom stereocenters. The Bertz CT molecular complexity index is 878. The van der Waals surface area contributed by atoms with Crippen molar-refractivity contribution in [2.75, 3.05) is 36.0 Å². The van der Waals surface area contributed by atoms with E-state index in [9.17, 15) is 9.59 Å². The second-order valence-electron chi connectivity index (χ2n) is 6.89. The Morgan fingerprint density at radius 3 is 2.74 bits per heavy atom. The van der Waals surface area contributed by atoms with Crippen LogP contribution in [0.2, 0.25) is 0 Å². The summed E-state index contributed by atoms with van der Waals surface area (Å²) in [7, 11) is 0. The maximum Gasteiger partial charge on any atom is 0.269 e. The van der Waals surface area contributed by atoms with Gasteiger partial charge < -0.3 is 15.1 Å². The quantitative estimate of drug-likeness (QED) is 0.849. The summed E-state index contributed by atoms with van der Waals surface area (Å²) in [6.07, 6.45) is 2.52. The van der Waals surface area contributed by atoms with Crippen molar-refractivity contribution in [3.63, 3.8) is 0 Å². The number of nitrogens with zero attached hydrogens (tertiary/aromatic N) is 4. The van der Waals surface area contributed by atoms with Crippen molar-refractivity contribution in [1.82, 2.24) is 15.1 Å². The fourth-order valence-corrected chi connectivity index (χ4v) is 3.79. The Balaban J connectivity index is 0.00000210. The van der Waals surface area contributed by atoms with Gasteiger partial charge in [-0.25, -0.2) is 4.68 Å². The van der Waals surface area contributed by atoms with Gasteiger partial charge in [0.25, 0.3) is 5.56 Å². The van der Waals surface area contributed by atoms with Gasteiger partial charge in [-0.05, 0) is 25.0 Å². The number of nitrogens with one attached hydrogen (secondary N) is 1. The van der Waals surface area contributed by atoms with Crippen molar-refractivity contribution in [2.45, 2.75) is 25.9 Å². The molecule has 1 saturated heterocycles. The third-order valence-corrected chi connectivity index (χ3v) is 5.10. The summed E-state index contributed by atoms with van der Waals surface area (Å²) in [6, 6.07) is 9.60. The van der Waals surface area contributed by atoms with Crippen molar-refractivity contribution in [3.05, 3.63) is 52.4 Å². The van der Waals surface area contributed by atoms with E-state index in [2.05, 4.69) is 15.3 Å². The molecule has 1 aromatic carbocycles. The van der Waals surface area contributed by atoms with Crippen molar-refractivity contribution >= 4 is 29.7 Å². The fourth-order valence-electron chi connectivity index (χ4n) is 3.79. The predicted octanol–water partition coefficient (Wildman–Crippen LogP) is 1.05. The van der Waals surface area contributed by atoms with Crippen molar-refractivity contribution in [3.8, 4) is 0 Å². The number of piperazine rings is 1. The fraction of sp³-hybridized carbons (Fsp3) is 0.421. The molecule has 8 heteroatoms. The second-order valence-corrected chi connectivity index (χ2v) is 6.89. The van der Waals surface area contributed by atoms with E-state index in [0.29, 0.717) is 0 Å². The van der Waals surface area contributed by atoms with Crippen LogP contribution in [0.1, 0.15) is 12.5 Å². The van der Waals surface area contributed by atoms with Crippen molar-refractivity contribution in [1.29, 1.82) is 0 Å². The van der Waals surface area contributed by atoms with Crippen LogP contribution in [-0.2, 0) is 17.8 Å². The molecule has 4 rings (SSSR count). The molecular formula is C19H24ClN5O2. The summed E-state index contributed by atoms with van der Waals surface area (Å²) in [6.45, 7) is 5.49. The van der Waals surface area contributed by atoms with E-state index in [1.165, 1.54) is 10.2 Å². The maximum atomic E-state index is 12.8. The Morgan fingerprint density at radius 1 is 1.26 bits per heavy atom. The van der Waals surface area contributed by atoms with Gasteiger partial charge in [0, 0.05) is 44.0 Å². The van der Waals surface area contributed by atoms with Crippen LogP contribution in [0.3, 0.4) is 0 Å². The van der Waals surface area contributed by atoms with Crippen molar-refractivity contribution in [2.24, 2.45) is 0 Å². The average Bonchev–Trinajstić information content (AvgIpc) is 3.00. The predicted molar refractivity (Wildman–Crippen MR) is 108 cm³/mol. The van der Waals surface area contributed by atoms with E-state index in [4.69, 9.17) is 0 Å². The lowest BCUT2D eigenvalue weighted by atomic mass is 10.1. The Hall–Kier alpha value is -2.38. The lowest BCUT2D eigenvalue weighted by Crippen LogP contribution is -2.44. The number of amides is 1. The SMILES string of the molecule is CC1Cc2ccccc2N1C(=O)Cn1ncc(N2CCNCC2)cc1=O.Cl. The highest BCUT2D eigenvalue weighted by atomic mass is 35.5. The van der Waals surface area contributed by atoms with Crippen LogP contribution < -0.4 is 20.7 Å². The zero-order valence-electron chi connectivity index (χ0n) is 15.3. The van der Waals surface area contributed by atoms with Gasteiger partial charge in [-0.2, -0.15) is 5.10 Å². The summed E-state index contributed by atoms with van der Waals surface area (Å²) >= 11 is 0. The second kappa shape index (κ2) is 8.10. The molecule has 2 aliphatic rings. The first-order valence-corrected chi connectivity index (χ1v) is 9.06. The van der Waals surface area contributed by atoms with E-state index in [1.54, 1.807) is 17.2 Å². The molecule has 144 valence electrons. The van der Waals surface area contributed by atoms with E-state index in [1.807, 2.05) is 31.2 Å². The van der Waals surface area contributed by atoms with Crippen LogP contribution in [0.15, 0.2) is 41.3 Å². The maximum absolute atomic E-state index is 12.8. The summed E-state index contributed by atoms with van der Waals surface area (Å²) in [5.74, 6) is -0.105. The summed E-state index contributed by atoms with van der Waals surface area (Å²) in [5.41, 5.74) is 2.69. The molecule has 1 aromatic heterocycles. The highest BCUT2D eigenvalue weighted by Gasteiger charge is 2.30. The normalized spacial score (nSPS) is 18.8. The van der Waals surface area contributed by atoms with Gasteiger partial charge in [-0.1, -0.05) is 18.2 Å². The monoisotopic (exact) mass is 389 g/mol. The average molecular weight is 390 g/mol. The van der Waals surface area contributed by atoms with Gasteiger partial charge in [0.05, 0.1) is 11.9 Å². The highest BCUT2D eigenvalue weighted by Crippen LogP contribution is 2.31. The molecule has 1 fully saturated rings. The minimum atomic E-state index is -0.241. The summed E-state index contributed by atoms with van der Waals surface area (Å²) in [5, 5.41) is 7.52. The number of para-hydroxylation sites is 1. The lowest BCUT2D eigenvalue weighted by Gasteiger charge is -2.29. The molecule has 0 saturated carbocycles. The zero-order chi connectivity index (χ0) is 18.1. The topological polar surface area (TPSA) is 70.5 Å². The number of carbonyl (C=O) groups is 1. The third-order valence-electron chi connectivity index (χ3n) is 5.10. The molecule has 27 heavy (non-hydrogen) atoms. The number of hydrogen-bond donors (Lipinski definition) is 1. The first-order valence-electron chi connectivity index (χ1n) is 9.06. The van der Waals surface area contributed by atoms with Gasteiger partial charge in [0.2, 0.25) is 5.91 Å². The van der Waals surface area contributed by atoms with Gasteiger partial charge in [0.15, 0.2) is 0 Å². The van der Waals surface area contributed by atoms with E-state index in [-0.39, 0.29) is 36.5 Å². The molecule has 7 nitrogen and oxygen atoms in total. The van der Waals surface area contributed by atoms with Crippen molar-refractivity contribution < 1.29 is 4.79 Å². The molecule has 3 heterocycles. The number of fused-ring (bicyclic) bond motifs is 1. The first-order chi connectivity index (χ1) is 12.6. The zero-order valence-corrected chi connectivity index (χ0v) is 16.1. The number of rotatable bonds is 3. The Kier molecular flexibility index (Phi) is 5.82. The highest BCUT2D eigenvalue weighted by molar-refractivity contribution is 5.96. The molecule has 1 N–H and O–H groups in total. The number of hydrogen-bond acceptors (Lipinski definition) is 5. The third kappa shape index (κ3) is 3.84. The van der Waals surface area contributed by atoms with Gasteiger partial charge >= 0.3 is 0 Å². The first kappa shape index (κ1) is 19.4. The van der Waals surface area contributed by atoms with E-state index >= 15 is 0 Å². The molecule has 0 bridgehead atoms. The van der Waals surface area contributed by atoms with Crippen LogP contribution in [0.5, 0.6) is 0 Å². The molecule has 0 spiro atoms. The molecule has 0 aliphatic carbocycles. The minimum Gasteiger partial charge on any atom is -0.368 e. The number of aromatic nitrogens is 2. The molecular weight excluding hydrogens is 366 g/mol.